The number of carbonyl (C=O) groups excluding carboxylic acids is 2. The Labute approximate surface area is 166 Å². The van der Waals surface area contributed by atoms with Gasteiger partial charge in [-0.1, -0.05) is 18.5 Å². The van der Waals surface area contributed by atoms with Gasteiger partial charge < -0.3 is 19.7 Å². The van der Waals surface area contributed by atoms with Gasteiger partial charge in [-0.25, -0.2) is 0 Å². The summed E-state index contributed by atoms with van der Waals surface area (Å²) in [6, 6.07) is 3.36. The number of benzene rings is 1. The summed E-state index contributed by atoms with van der Waals surface area (Å²) in [5, 5.41) is 3.18. The topological polar surface area (TPSA) is 67.9 Å². The minimum absolute atomic E-state index is 0.147. The standard InChI is InChI=1S/C20H29ClN2O4/c1-6-13-9-7-8-10-23(13)19(25)20(2,3)18(24)22-15-12-16(26-4)14(21)11-17(15)27-5/h11-13H,6-10H2,1-5H3,(H,22,24). The van der Waals surface area contributed by atoms with Crippen LogP contribution in [0.25, 0.3) is 0 Å². The van der Waals surface area contributed by atoms with Crippen LogP contribution in [0, 0.1) is 5.41 Å². The molecule has 0 bridgehead atoms. The van der Waals surface area contributed by atoms with Crippen LogP contribution in [0.2, 0.25) is 5.02 Å². The third-order valence-corrected chi connectivity index (χ3v) is 5.48. The van der Waals surface area contributed by atoms with Gasteiger partial charge in [0.25, 0.3) is 0 Å². The molecule has 7 heteroatoms. The summed E-state index contributed by atoms with van der Waals surface area (Å²) in [6.45, 7) is 6.09. The Morgan fingerprint density at radius 1 is 1.22 bits per heavy atom. The molecule has 0 aromatic heterocycles. The van der Waals surface area contributed by atoms with E-state index in [0.717, 1.165) is 25.7 Å². The van der Waals surface area contributed by atoms with E-state index in [9.17, 15) is 9.59 Å². The maximum atomic E-state index is 13.1. The third-order valence-electron chi connectivity index (χ3n) is 5.18. The lowest BCUT2D eigenvalue weighted by Crippen LogP contribution is -2.52. The van der Waals surface area contributed by atoms with Crippen molar-refractivity contribution < 1.29 is 19.1 Å². The molecule has 0 saturated carbocycles. The first-order valence-electron chi connectivity index (χ1n) is 9.30. The van der Waals surface area contributed by atoms with Gasteiger partial charge in [-0.2, -0.15) is 0 Å². The number of hydrogen-bond donors (Lipinski definition) is 1. The average Bonchev–Trinajstić information content (AvgIpc) is 2.67. The van der Waals surface area contributed by atoms with E-state index >= 15 is 0 Å². The van der Waals surface area contributed by atoms with Crippen LogP contribution in [0.5, 0.6) is 11.5 Å². The number of piperidine rings is 1. The quantitative estimate of drug-likeness (QED) is 0.734. The Bertz CT molecular complexity index is 705. The predicted molar refractivity (Wildman–Crippen MR) is 107 cm³/mol. The number of hydrogen-bond acceptors (Lipinski definition) is 4. The molecule has 1 aliphatic heterocycles. The van der Waals surface area contributed by atoms with Gasteiger partial charge in [-0.3, -0.25) is 9.59 Å². The molecular weight excluding hydrogens is 368 g/mol. The number of amides is 2. The van der Waals surface area contributed by atoms with E-state index in [4.69, 9.17) is 21.1 Å². The van der Waals surface area contributed by atoms with Crippen molar-refractivity contribution in [1.29, 1.82) is 0 Å². The minimum Gasteiger partial charge on any atom is -0.495 e. The molecule has 1 atom stereocenters. The molecule has 6 nitrogen and oxygen atoms in total. The number of likely N-dealkylation sites (tertiary alicyclic amines) is 1. The average molecular weight is 397 g/mol. The van der Waals surface area contributed by atoms with Crippen LogP contribution < -0.4 is 14.8 Å². The lowest BCUT2D eigenvalue weighted by atomic mass is 9.87. The van der Waals surface area contributed by atoms with E-state index in [2.05, 4.69) is 12.2 Å². The zero-order chi connectivity index (χ0) is 20.2. The van der Waals surface area contributed by atoms with Crippen molar-refractivity contribution in [1.82, 2.24) is 4.90 Å². The highest BCUT2D eigenvalue weighted by Gasteiger charge is 2.41. The number of rotatable bonds is 6. The zero-order valence-electron chi connectivity index (χ0n) is 16.7. The molecule has 2 amide bonds. The molecule has 1 unspecified atom stereocenters. The van der Waals surface area contributed by atoms with Gasteiger partial charge in [-0.15, -0.1) is 0 Å². The highest BCUT2D eigenvalue weighted by Crippen LogP contribution is 2.37. The van der Waals surface area contributed by atoms with Crippen LogP contribution in [0.4, 0.5) is 5.69 Å². The number of halogens is 1. The number of anilines is 1. The summed E-state index contributed by atoms with van der Waals surface area (Å²) in [5.74, 6) is 0.280. The summed E-state index contributed by atoms with van der Waals surface area (Å²) < 4.78 is 10.5. The van der Waals surface area contributed by atoms with Crippen molar-refractivity contribution in [2.45, 2.75) is 52.5 Å². The molecule has 1 aliphatic rings. The van der Waals surface area contributed by atoms with Crippen LogP contribution in [-0.2, 0) is 9.59 Å². The van der Waals surface area contributed by atoms with Gasteiger partial charge in [-0.05, 0) is 39.5 Å². The second-order valence-corrected chi connectivity index (χ2v) is 7.73. The molecule has 2 rings (SSSR count). The molecule has 0 spiro atoms. The first-order valence-corrected chi connectivity index (χ1v) is 9.68. The fourth-order valence-electron chi connectivity index (χ4n) is 3.39. The third kappa shape index (κ3) is 4.49. The summed E-state index contributed by atoms with van der Waals surface area (Å²) >= 11 is 6.11. The SMILES string of the molecule is CCC1CCCCN1C(=O)C(C)(C)C(=O)Nc1cc(OC)c(Cl)cc1OC. The lowest BCUT2D eigenvalue weighted by molar-refractivity contribution is -0.149. The van der Waals surface area contributed by atoms with Gasteiger partial charge in [0.15, 0.2) is 0 Å². The molecular formula is C20H29ClN2O4. The molecule has 150 valence electrons. The Morgan fingerprint density at radius 3 is 2.48 bits per heavy atom. The normalized spacial score (nSPS) is 17.4. The summed E-state index contributed by atoms with van der Waals surface area (Å²) in [5.41, 5.74) is -0.793. The lowest BCUT2D eigenvalue weighted by Gasteiger charge is -2.39. The van der Waals surface area contributed by atoms with Crippen molar-refractivity contribution in [3.63, 3.8) is 0 Å². The first kappa shape index (κ1) is 21.4. The zero-order valence-corrected chi connectivity index (χ0v) is 17.5. The van der Waals surface area contributed by atoms with Crippen molar-refractivity contribution in [2.24, 2.45) is 5.41 Å². The van der Waals surface area contributed by atoms with Gasteiger partial charge >= 0.3 is 0 Å². The van der Waals surface area contributed by atoms with Crippen LogP contribution >= 0.6 is 11.6 Å². The van der Waals surface area contributed by atoms with Crippen LogP contribution in [0.1, 0.15) is 46.5 Å². The number of nitrogens with zero attached hydrogens (tertiary/aromatic N) is 1. The largest absolute Gasteiger partial charge is 0.495 e. The van der Waals surface area contributed by atoms with Gasteiger partial charge in [0, 0.05) is 24.7 Å². The van der Waals surface area contributed by atoms with E-state index in [1.807, 2.05) is 4.90 Å². The van der Waals surface area contributed by atoms with Crippen molar-refractivity contribution >= 4 is 29.1 Å². The summed E-state index contributed by atoms with van der Waals surface area (Å²) in [6.07, 6.45) is 3.98. The molecule has 1 fully saturated rings. The maximum absolute atomic E-state index is 13.1. The molecule has 1 aromatic rings. The van der Waals surface area contributed by atoms with E-state index < -0.39 is 11.3 Å². The summed E-state index contributed by atoms with van der Waals surface area (Å²) in [4.78, 5) is 28.0. The van der Waals surface area contributed by atoms with Crippen molar-refractivity contribution in [2.75, 3.05) is 26.1 Å². The van der Waals surface area contributed by atoms with Crippen molar-refractivity contribution in [3.05, 3.63) is 17.2 Å². The predicted octanol–water partition coefficient (Wildman–Crippen LogP) is 4.11. The highest BCUT2D eigenvalue weighted by molar-refractivity contribution is 6.32. The number of carbonyl (C=O) groups is 2. The monoisotopic (exact) mass is 396 g/mol. The molecule has 1 saturated heterocycles. The molecule has 27 heavy (non-hydrogen) atoms. The van der Waals surface area contributed by atoms with Crippen LogP contribution in [0.15, 0.2) is 12.1 Å². The Morgan fingerprint density at radius 2 is 1.89 bits per heavy atom. The molecule has 0 aliphatic carbocycles. The van der Waals surface area contributed by atoms with Crippen LogP contribution in [0.3, 0.4) is 0 Å². The van der Waals surface area contributed by atoms with E-state index in [1.165, 1.54) is 14.2 Å². The summed E-state index contributed by atoms with van der Waals surface area (Å²) in [7, 11) is 2.98. The molecule has 0 radical (unpaired) electrons. The second-order valence-electron chi connectivity index (χ2n) is 7.32. The van der Waals surface area contributed by atoms with E-state index in [0.29, 0.717) is 28.8 Å². The van der Waals surface area contributed by atoms with Crippen molar-refractivity contribution in [3.8, 4) is 11.5 Å². The fourth-order valence-corrected chi connectivity index (χ4v) is 3.62. The van der Waals surface area contributed by atoms with E-state index in [-0.39, 0.29) is 11.9 Å². The Balaban J connectivity index is 2.24. The Hall–Kier alpha value is -1.95. The molecule has 1 N–H and O–H groups in total. The van der Waals surface area contributed by atoms with E-state index in [1.54, 1.807) is 26.0 Å². The highest BCUT2D eigenvalue weighted by atomic mass is 35.5. The maximum Gasteiger partial charge on any atom is 0.239 e. The first-order chi connectivity index (χ1) is 12.8. The number of nitrogens with one attached hydrogen (secondary N) is 1. The minimum atomic E-state index is -1.21. The van der Waals surface area contributed by atoms with Gasteiger partial charge in [0.05, 0.1) is 24.9 Å². The van der Waals surface area contributed by atoms with Crippen LogP contribution in [-0.4, -0.2) is 43.5 Å². The molecule has 1 aromatic carbocycles. The second kappa shape index (κ2) is 8.83. The smallest absolute Gasteiger partial charge is 0.239 e. The fraction of sp³-hybridized carbons (Fsp3) is 0.600. The van der Waals surface area contributed by atoms with Gasteiger partial charge in [0.1, 0.15) is 16.9 Å². The van der Waals surface area contributed by atoms with Gasteiger partial charge in [0.2, 0.25) is 11.8 Å². The number of ether oxygens (including phenoxy) is 2. The Kier molecular flexibility index (Phi) is 6.98. The number of methoxy groups -OCH3 is 2. The molecule has 1 heterocycles.